The molecule has 0 aromatic carbocycles. The van der Waals surface area contributed by atoms with Crippen LogP contribution in [0.3, 0.4) is 0 Å². The molecule has 0 aliphatic carbocycles. The van der Waals surface area contributed by atoms with Gasteiger partial charge in [-0.3, -0.25) is 4.79 Å². The molecule has 1 aromatic rings. The maximum absolute atomic E-state index is 12.4. The summed E-state index contributed by atoms with van der Waals surface area (Å²) in [5.74, 6) is -1.06. The van der Waals surface area contributed by atoms with E-state index < -0.39 is 41.8 Å². The highest BCUT2D eigenvalue weighted by Gasteiger charge is 2.33. The Bertz CT molecular complexity index is 453. The third-order valence-corrected chi connectivity index (χ3v) is 1.80. The Morgan fingerprint density at radius 1 is 1.41 bits per heavy atom. The van der Waals surface area contributed by atoms with Crippen LogP contribution in [0.5, 0.6) is 5.75 Å². The average Bonchev–Trinajstić information content (AvgIpc) is 2.17. The summed E-state index contributed by atoms with van der Waals surface area (Å²) in [4.78, 5) is 12.7. The highest BCUT2D eigenvalue weighted by molar-refractivity contribution is 5.37. The van der Waals surface area contributed by atoms with Crippen LogP contribution in [0.1, 0.15) is 17.6 Å². The zero-order chi connectivity index (χ0) is 13.2. The van der Waals surface area contributed by atoms with E-state index >= 15 is 0 Å². The molecule has 0 aliphatic heterocycles. The van der Waals surface area contributed by atoms with Crippen molar-refractivity contribution in [3.63, 3.8) is 0 Å². The number of rotatable bonds is 3. The second-order valence-electron chi connectivity index (χ2n) is 2.88. The number of aliphatic hydroxyl groups is 1. The van der Waals surface area contributed by atoms with Crippen molar-refractivity contribution in [2.75, 3.05) is 0 Å². The van der Waals surface area contributed by atoms with E-state index in [1.165, 1.54) is 0 Å². The summed E-state index contributed by atoms with van der Waals surface area (Å²) < 4.78 is 64.0. The van der Waals surface area contributed by atoms with Gasteiger partial charge in [-0.05, 0) is 0 Å². The number of hydrogen-bond donors (Lipinski definition) is 2. The standard InChI is InChI=1S/C8H6F5NO3/c9-6(10)5-3(2-15)4(1-14-7(5)16)17-8(11,12)13/h1,6,15H,2H2,(H,14,16). The molecule has 0 radical (unpaired) electrons. The first-order valence-corrected chi connectivity index (χ1v) is 4.15. The van der Waals surface area contributed by atoms with Gasteiger partial charge in [0.25, 0.3) is 12.0 Å². The van der Waals surface area contributed by atoms with Crippen molar-refractivity contribution >= 4 is 0 Å². The van der Waals surface area contributed by atoms with Crippen LogP contribution in [0, 0.1) is 0 Å². The Labute approximate surface area is 90.6 Å². The molecule has 0 saturated carbocycles. The summed E-state index contributed by atoms with van der Waals surface area (Å²) in [6.45, 7) is -1.17. The minimum Gasteiger partial charge on any atom is -0.404 e. The Balaban J connectivity index is 3.33. The molecule has 9 heteroatoms. The zero-order valence-electron chi connectivity index (χ0n) is 8.02. The Morgan fingerprint density at radius 2 is 2.00 bits per heavy atom. The van der Waals surface area contributed by atoms with Gasteiger partial charge in [0.1, 0.15) is 0 Å². The van der Waals surface area contributed by atoms with Gasteiger partial charge in [0.05, 0.1) is 12.2 Å². The lowest BCUT2D eigenvalue weighted by atomic mass is 10.1. The summed E-state index contributed by atoms with van der Waals surface area (Å²) >= 11 is 0. The van der Waals surface area contributed by atoms with Crippen LogP contribution in [-0.4, -0.2) is 16.5 Å². The van der Waals surface area contributed by atoms with Crippen molar-refractivity contribution < 1.29 is 31.8 Å². The monoisotopic (exact) mass is 259 g/mol. The number of hydrogen-bond acceptors (Lipinski definition) is 3. The molecule has 0 amide bonds. The minimum absolute atomic E-state index is 0.466. The predicted octanol–water partition coefficient (Wildman–Crippen LogP) is 1.70. The van der Waals surface area contributed by atoms with Crippen LogP contribution >= 0.6 is 0 Å². The topological polar surface area (TPSA) is 62.3 Å². The largest absolute Gasteiger partial charge is 0.573 e. The second-order valence-corrected chi connectivity index (χ2v) is 2.88. The van der Waals surface area contributed by atoms with E-state index in [-0.39, 0.29) is 0 Å². The lowest BCUT2D eigenvalue weighted by Crippen LogP contribution is -2.22. The number of ether oxygens (including phenoxy) is 1. The van der Waals surface area contributed by atoms with Crippen LogP contribution in [0.15, 0.2) is 11.0 Å². The number of pyridine rings is 1. The molecule has 0 spiro atoms. The van der Waals surface area contributed by atoms with Gasteiger partial charge in [-0.2, -0.15) is 0 Å². The number of alkyl halides is 5. The Hall–Kier alpha value is -1.64. The average molecular weight is 259 g/mol. The van der Waals surface area contributed by atoms with Crippen LogP contribution in [0.4, 0.5) is 22.0 Å². The van der Waals surface area contributed by atoms with Crippen molar-refractivity contribution in [2.24, 2.45) is 0 Å². The van der Waals surface area contributed by atoms with Gasteiger partial charge in [-0.1, -0.05) is 0 Å². The molecule has 2 N–H and O–H groups in total. The molecule has 0 bridgehead atoms. The molecule has 0 fully saturated rings. The molecule has 0 aliphatic rings. The van der Waals surface area contributed by atoms with Gasteiger partial charge in [0.15, 0.2) is 5.75 Å². The lowest BCUT2D eigenvalue weighted by Gasteiger charge is -2.14. The lowest BCUT2D eigenvalue weighted by molar-refractivity contribution is -0.275. The molecular formula is C8H6F5NO3. The molecule has 0 saturated heterocycles. The minimum atomic E-state index is -5.11. The highest BCUT2D eigenvalue weighted by Crippen LogP contribution is 2.30. The molecule has 0 unspecified atom stereocenters. The fourth-order valence-corrected chi connectivity index (χ4v) is 1.18. The first kappa shape index (κ1) is 13.4. The van der Waals surface area contributed by atoms with Crippen LogP contribution < -0.4 is 10.3 Å². The SMILES string of the molecule is O=c1[nH]cc(OC(F)(F)F)c(CO)c1C(F)F. The number of halogens is 5. The Morgan fingerprint density at radius 3 is 2.41 bits per heavy atom. The molecule has 0 atom stereocenters. The molecular weight excluding hydrogens is 253 g/mol. The van der Waals surface area contributed by atoms with Crippen molar-refractivity contribution in [1.82, 2.24) is 4.98 Å². The van der Waals surface area contributed by atoms with Gasteiger partial charge >= 0.3 is 6.36 Å². The number of nitrogens with one attached hydrogen (secondary N) is 1. The molecule has 1 rings (SSSR count). The molecule has 1 aromatic heterocycles. The van der Waals surface area contributed by atoms with E-state index in [1.807, 2.05) is 0 Å². The normalized spacial score (nSPS) is 11.9. The molecule has 17 heavy (non-hydrogen) atoms. The van der Waals surface area contributed by atoms with E-state index in [9.17, 15) is 26.7 Å². The van der Waals surface area contributed by atoms with E-state index in [2.05, 4.69) is 4.74 Å². The third kappa shape index (κ3) is 3.16. The first-order chi connectivity index (χ1) is 7.76. The van der Waals surface area contributed by atoms with Crippen molar-refractivity contribution in [3.8, 4) is 5.75 Å². The predicted molar refractivity (Wildman–Crippen MR) is 44.6 cm³/mol. The van der Waals surface area contributed by atoms with E-state index in [0.29, 0.717) is 6.20 Å². The van der Waals surface area contributed by atoms with Gasteiger partial charge in [-0.25, -0.2) is 8.78 Å². The summed E-state index contributed by atoms with van der Waals surface area (Å²) in [5, 5.41) is 8.74. The van der Waals surface area contributed by atoms with Crippen LogP contribution in [0.2, 0.25) is 0 Å². The summed E-state index contributed by atoms with van der Waals surface area (Å²) in [5.41, 5.74) is -3.41. The maximum Gasteiger partial charge on any atom is 0.573 e. The number of aromatic nitrogens is 1. The maximum atomic E-state index is 12.4. The van der Waals surface area contributed by atoms with Gasteiger partial charge in [0, 0.05) is 11.8 Å². The summed E-state index contributed by atoms with van der Waals surface area (Å²) in [6, 6.07) is 0. The van der Waals surface area contributed by atoms with E-state index in [0.717, 1.165) is 0 Å². The third-order valence-electron chi connectivity index (χ3n) is 1.80. The van der Waals surface area contributed by atoms with Crippen molar-refractivity contribution in [3.05, 3.63) is 27.7 Å². The van der Waals surface area contributed by atoms with E-state index in [4.69, 9.17) is 5.11 Å². The van der Waals surface area contributed by atoms with Crippen molar-refractivity contribution in [1.29, 1.82) is 0 Å². The molecule has 4 nitrogen and oxygen atoms in total. The van der Waals surface area contributed by atoms with E-state index in [1.54, 1.807) is 4.98 Å². The van der Waals surface area contributed by atoms with Crippen LogP contribution in [-0.2, 0) is 6.61 Å². The zero-order valence-corrected chi connectivity index (χ0v) is 8.02. The quantitative estimate of drug-likeness (QED) is 0.812. The van der Waals surface area contributed by atoms with Gasteiger partial charge < -0.3 is 14.8 Å². The number of aromatic amines is 1. The second kappa shape index (κ2) is 4.70. The summed E-state index contributed by atoms with van der Waals surface area (Å²) in [6.07, 6.45) is -7.97. The van der Waals surface area contributed by atoms with Gasteiger partial charge in [-0.15, -0.1) is 13.2 Å². The highest BCUT2D eigenvalue weighted by atomic mass is 19.4. The molecule has 96 valence electrons. The Kier molecular flexibility index (Phi) is 3.71. The van der Waals surface area contributed by atoms with Crippen molar-refractivity contribution in [2.45, 2.75) is 19.4 Å². The number of H-pyrrole nitrogens is 1. The fourth-order valence-electron chi connectivity index (χ4n) is 1.18. The van der Waals surface area contributed by atoms with Gasteiger partial charge in [0.2, 0.25) is 0 Å². The fraction of sp³-hybridized carbons (Fsp3) is 0.375. The first-order valence-electron chi connectivity index (χ1n) is 4.15. The smallest absolute Gasteiger partial charge is 0.404 e. The molecule has 1 heterocycles. The summed E-state index contributed by atoms with van der Waals surface area (Å²) in [7, 11) is 0. The number of aliphatic hydroxyl groups excluding tert-OH is 1. The van der Waals surface area contributed by atoms with Crippen LogP contribution in [0.25, 0.3) is 0 Å².